The third-order valence-electron chi connectivity index (χ3n) is 2.83. The lowest BCUT2D eigenvalue weighted by Gasteiger charge is -2.48. The number of nitrogens with zero attached hydrogens (tertiary/aromatic N) is 1. The molecule has 0 unspecified atom stereocenters. The normalized spacial score (nSPS) is 25.9. The topological polar surface area (TPSA) is 110 Å². The van der Waals surface area contributed by atoms with Crippen molar-refractivity contribution in [3.05, 3.63) is 22.8 Å². The van der Waals surface area contributed by atoms with Crippen molar-refractivity contribution in [2.24, 2.45) is 5.73 Å². The molecule has 0 aromatic heterocycles. The first-order valence-corrected chi connectivity index (χ1v) is 6.27. The minimum atomic E-state index is -1.27. The number of fused-ring (bicyclic) bond motifs is 1. The van der Waals surface area contributed by atoms with E-state index < -0.39 is 29.3 Å². The first kappa shape index (κ1) is 13.6. The van der Waals surface area contributed by atoms with E-state index in [2.05, 4.69) is 6.58 Å². The molecule has 102 valence electrons. The number of carboxylic acids is 1. The first-order valence-electron chi connectivity index (χ1n) is 5.39. The van der Waals surface area contributed by atoms with Gasteiger partial charge in [-0.05, 0) is 0 Å². The van der Waals surface area contributed by atoms with Gasteiger partial charge in [0.05, 0.1) is 0 Å². The van der Waals surface area contributed by atoms with Gasteiger partial charge in [0, 0.05) is 17.4 Å². The van der Waals surface area contributed by atoms with Crippen LogP contribution in [0.3, 0.4) is 0 Å². The number of ether oxygens (including phenoxy) is 1. The molecule has 19 heavy (non-hydrogen) atoms. The van der Waals surface area contributed by atoms with Crippen molar-refractivity contribution in [2.75, 3.05) is 6.61 Å². The van der Waals surface area contributed by atoms with Gasteiger partial charge in [-0.2, -0.15) is 0 Å². The highest BCUT2D eigenvalue weighted by Gasteiger charge is 2.52. The van der Waals surface area contributed by atoms with Gasteiger partial charge in [-0.15, -0.1) is 0 Å². The summed E-state index contributed by atoms with van der Waals surface area (Å²) in [5.74, 6) is -2.26. The minimum Gasteiger partial charge on any atom is -0.477 e. The van der Waals surface area contributed by atoms with Crippen LogP contribution in [0.1, 0.15) is 6.92 Å². The standard InChI is InChI=1S/C11H12N2O5S/c1-4-6(3-18-5(2)14)8(11(16)17)13-9(15)7(12)10(13)19-4/h7,10H,1,3,12H2,2H3,(H,16,17)/t7-,10-/m1/s1. The van der Waals surface area contributed by atoms with Crippen molar-refractivity contribution < 1.29 is 24.2 Å². The van der Waals surface area contributed by atoms with Crippen molar-refractivity contribution >= 4 is 29.6 Å². The molecule has 7 nitrogen and oxygen atoms in total. The number of carbonyl (C=O) groups excluding carboxylic acids is 2. The van der Waals surface area contributed by atoms with E-state index in [9.17, 15) is 19.5 Å². The second kappa shape index (κ2) is 4.71. The molecule has 0 radical (unpaired) electrons. The zero-order chi connectivity index (χ0) is 14.3. The summed E-state index contributed by atoms with van der Waals surface area (Å²) in [6.07, 6.45) is 0. The molecule has 2 aliphatic rings. The van der Waals surface area contributed by atoms with E-state index in [0.717, 1.165) is 4.90 Å². The average molecular weight is 284 g/mol. The van der Waals surface area contributed by atoms with Crippen LogP contribution in [0.15, 0.2) is 22.8 Å². The van der Waals surface area contributed by atoms with Crippen LogP contribution < -0.4 is 5.73 Å². The van der Waals surface area contributed by atoms with Crippen molar-refractivity contribution in [3.8, 4) is 0 Å². The predicted octanol–water partition coefficient (Wildman–Crippen LogP) is -0.356. The van der Waals surface area contributed by atoms with Gasteiger partial charge in [0.25, 0.3) is 0 Å². The fourth-order valence-electron chi connectivity index (χ4n) is 1.90. The Labute approximate surface area is 113 Å². The van der Waals surface area contributed by atoms with Crippen LogP contribution in [0.25, 0.3) is 0 Å². The van der Waals surface area contributed by atoms with E-state index >= 15 is 0 Å². The van der Waals surface area contributed by atoms with E-state index in [4.69, 9.17) is 10.5 Å². The zero-order valence-electron chi connectivity index (χ0n) is 10.1. The predicted molar refractivity (Wildman–Crippen MR) is 66.6 cm³/mol. The number of nitrogens with two attached hydrogens (primary N) is 1. The SMILES string of the molecule is C=C1S[C@@H]2[C@H](N)C(=O)N2C(C(=O)O)=C1COC(C)=O. The maximum Gasteiger partial charge on any atom is 0.353 e. The Hall–Kier alpha value is -1.80. The van der Waals surface area contributed by atoms with Crippen molar-refractivity contribution in [1.82, 2.24) is 4.90 Å². The largest absolute Gasteiger partial charge is 0.477 e. The summed E-state index contributed by atoms with van der Waals surface area (Å²) in [5.41, 5.74) is 5.63. The summed E-state index contributed by atoms with van der Waals surface area (Å²) in [7, 11) is 0. The molecule has 0 saturated carbocycles. The number of esters is 1. The summed E-state index contributed by atoms with van der Waals surface area (Å²) >= 11 is 1.20. The van der Waals surface area contributed by atoms with Crippen molar-refractivity contribution in [3.63, 3.8) is 0 Å². The van der Waals surface area contributed by atoms with Crippen LogP contribution in [0, 0.1) is 0 Å². The number of amides is 1. The summed E-state index contributed by atoms with van der Waals surface area (Å²) in [6, 6.07) is -0.730. The van der Waals surface area contributed by atoms with E-state index in [1.807, 2.05) is 0 Å². The number of aliphatic carboxylic acids is 1. The van der Waals surface area contributed by atoms with E-state index in [-0.39, 0.29) is 17.9 Å². The van der Waals surface area contributed by atoms with Gasteiger partial charge in [-0.1, -0.05) is 18.3 Å². The highest BCUT2D eigenvalue weighted by molar-refractivity contribution is 8.04. The molecule has 1 amide bonds. The summed E-state index contributed by atoms with van der Waals surface area (Å²) in [5, 5.41) is 8.78. The first-order chi connectivity index (χ1) is 8.84. The Morgan fingerprint density at radius 3 is 2.74 bits per heavy atom. The molecule has 8 heteroatoms. The van der Waals surface area contributed by atoms with Crippen molar-refractivity contribution in [1.29, 1.82) is 0 Å². The second-order valence-electron chi connectivity index (χ2n) is 4.08. The van der Waals surface area contributed by atoms with Gasteiger partial charge in [0.15, 0.2) is 0 Å². The molecule has 0 spiro atoms. The molecule has 1 fully saturated rings. The Morgan fingerprint density at radius 2 is 2.21 bits per heavy atom. The summed E-state index contributed by atoms with van der Waals surface area (Å²) in [6.45, 7) is 4.73. The van der Waals surface area contributed by atoms with E-state index in [0.29, 0.717) is 4.91 Å². The number of thioether (sulfide) groups is 1. The smallest absolute Gasteiger partial charge is 0.353 e. The molecular formula is C11H12N2O5S. The number of β-lactam (4-membered cyclic amide) rings is 1. The molecule has 0 aromatic rings. The molecule has 3 N–H and O–H groups in total. The molecule has 2 rings (SSSR count). The van der Waals surface area contributed by atoms with Crippen LogP contribution in [0.5, 0.6) is 0 Å². The van der Waals surface area contributed by atoms with Crippen LogP contribution in [0.4, 0.5) is 0 Å². The highest BCUT2D eigenvalue weighted by atomic mass is 32.2. The third kappa shape index (κ3) is 2.13. The summed E-state index contributed by atoms with van der Waals surface area (Å²) in [4.78, 5) is 35.3. The maximum atomic E-state index is 11.7. The summed E-state index contributed by atoms with van der Waals surface area (Å²) < 4.78 is 4.80. The van der Waals surface area contributed by atoms with Gasteiger partial charge in [-0.25, -0.2) is 4.79 Å². The lowest BCUT2D eigenvalue weighted by atomic mass is 10.0. The average Bonchev–Trinajstić information content (AvgIpc) is 2.34. The molecule has 2 aliphatic heterocycles. The fourth-order valence-corrected chi connectivity index (χ4v) is 3.07. The third-order valence-corrected chi connectivity index (χ3v) is 4.11. The maximum absolute atomic E-state index is 11.7. The molecule has 2 heterocycles. The molecule has 0 aromatic carbocycles. The van der Waals surface area contributed by atoms with E-state index in [1.54, 1.807) is 0 Å². The monoisotopic (exact) mass is 284 g/mol. The van der Waals surface area contributed by atoms with Crippen molar-refractivity contribution in [2.45, 2.75) is 18.3 Å². The Balaban J connectivity index is 2.38. The Morgan fingerprint density at radius 1 is 1.58 bits per heavy atom. The van der Waals surface area contributed by atoms with Gasteiger partial charge < -0.3 is 15.6 Å². The lowest BCUT2D eigenvalue weighted by molar-refractivity contribution is -0.148. The number of rotatable bonds is 3. The fraction of sp³-hybridized carbons (Fsp3) is 0.364. The van der Waals surface area contributed by atoms with Gasteiger partial charge in [-0.3, -0.25) is 14.5 Å². The van der Waals surface area contributed by atoms with Crippen LogP contribution in [-0.2, 0) is 19.1 Å². The highest BCUT2D eigenvalue weighted by Crippen LogP contribution is 2.44. The number of carboxylic acid groups (broad SMARTS) is 1. The minimum absolute atomic E-state index is 0.207. The molecule has 1 saturated heterocycles. The Bertz CT molecular complexity index is 527. The zero-order valence-corrected chi connectivity index (χ0v) is 10.9. The van der Waals surface area contributed by atoms with Crippen LogP contribution in [-0.4, -0.2) is 45.9 Å². The van der Waals surface area contributed by atoms with Gasteiger partial charge >= 0.3 is 11.9 Å². The lowest BCUT2D eigenvalue weighted by Crippen LogP contribution is -2.68. The molecule has 2 atom stereocenters. The molecular weight excluding hydrogens is 272 g/mol. The number of hydrogen-bond acceptors (Lipinski definition) is 6. The van der Waals surface area contributed by atoms with Crippen LogP contribution >= 0.6 is 11.8 Å². The second-order valence-corrected chi connectivity index (χ2v) is 5.29. The number of hydrogen-bond donors (Lipinski definition) is 2. The van der Waals surface area contributed by atoms with E-state index in [1.165, 1.54) is 18.7 Å². The molecule has 0 aliphatic carbocycles. The number of carbonyl (C=O) groups is 3. The van der Waals surface area contributed by atoms with Crippen LogP contribution in [0.2, 0.25) is 0 Å². The quantitative estimate of drug-likeness (QED) is 0.538. The van der Waals surface area contributed by atoms with Gasteiger partial charge in [0.1, 0.15) is 23.7 Å². The Kier molecular flexibility index (Phi) is 3.38. The molecule has 0 bridgehead atoms. The van der Waals surface area contributed by atoms with Gasteiger partial charge in [0.2, 0.25) is 5.91 Å².